The minimum Gasteiger partial charge on any atom is -0.278 e. The molecule has 3 rings (SSSR count). The molecule has 0 aliphatic heterocycles. The Kier molecular flexibility index (Phi) is 2.82. The normalized spacial score (nSPS) is 11.4. The van der Waals surface area contributed by atoms with Crippen molar-refractivity contribution in [3.05, 3.63) is 47.8 Å². The topological polar surface area (TPSA) is 41.6 Å². The molecule has 0 spiro atoms. The molecule has 0 aliphatic rings. The molecule has 0 bridgehead atoms. The molecule has 2 aromatic heterocycles. The van der Waals surface area contributed by atoms with Gasteiger partial charge in [0.25, 0.3) is 0 Å². The molecule has 96 valence electrons. The van der Waals surface area contributed by atoms with Crippen LogP contribution in [0.2, 0.25) is 0 Å². The molecule has 0 fully saturated rings. The number of pyridine rings is 1. The molecule has 2 heterocycles. The highest BCUT2D eigenvalue weighted by Crippen LogP contribution is 2.27. The van der Waals surface area contributed by atoms with Crippen LogP contribution in [0.5, 0.6) is 0 Å². The van der Waals surface area contributed by atoms with Crippen LogP contribution in [-0.4, -0.2) is 15.2 Å². The number of fused-ring (bicyclic) bond motifs is 1. The van der Waals surface area contributed by atoms with Crippen LogP contribution in [0.15, 0.2) is 36.7 Å². The van der Waals surface area contributed by atoms with Crippen molar-refractivity contribution < 1.29 is 0 Å². The largest absolute Gasteiger partial charge is 0.278 e. The second-order valence-corrected chi connectivity index (χ2v) is 5.25. The van der Waals surface area contributed by atoms with Gasteiger partial charge in [-0.1, -0.05) is 13.8 Å². The molecule has 0 saturated heterocycles. The van der Waals surface area contributed by atoms with E-state index < -0.39 is 0 Å². The lowest BCUT2D eigenvalue weighted by atomic mass is 9.98. The van der Waals surface area contributed by atoms with E-state index in [1.165, 1.54) is 16.7 Å². The minimum atomic E-state index is 0.514. The first-order valence-electron chi connectivity index (χ1n) is 6.55. The van der Waals surface area contributed by atoms with Crippen LogP contribution in [0.3, 0.4) is 0 Å². The third kappa shape index (κ3) is 2.12. The first-order chi connectivity index (χ1) is 9.15. The molecule has 0 unspecified atom stereocenters. The van der Waals surface area contributed by atoms with Gasteiger partial charge in [0.05, 0.1) is 17.4 Å². The number of hydrogen-bond acceptors (Lipinski definition) is 2. The summed E-state index contributed by atoms with van der Waals surface area (Å²) in [6.07, 6.45) is 3.74. The first-order valence-corrected chi connectivity index (χ1v) is 6.55. The molecule has 0 amide bonds. The van der Waals surface area contributed by atoms with Gasteiger partial charge in [-0.15, -0.1) is 0 Å². The average Bonchev–Trinajstić information content (AvgIpc) is 2.85. The van der Waals surface area contributed by atoms with Gasteiger partial charge in [-0.3, -0.25) is 10.1 Å². The Morgan fingerprint density at radius 1 is 1.16 bits per heavy atom. The van der Waals surface area contributed by atoms with Gasteiger partial charge in [-0.05, 0) is 48.2 Å². The monoisotopic (exact) mass is 251 g/mol. The SMILES string of the molecule is Cc1cc2[nH]ncc2cc1-c1cc(C(C)C)ccn1. The summed E-state index contributed by atoms with van der Waals surface area (Å²) in [7, 11) is 0. The fourth-order valence-electron chi connectivity index (χ4n) is 2.33. The Balaban J connectivity index is 2.17. The Hall–Kier alpha value is -2.16. The molecule has 0 atom stereocenters. The second kappa shape index (κ2) is 4.50. The van der Waals surface area contributed by atoms with Crippen molar-refractivity contribution in [3.63, 3.8) is 0 Å². The molecule has 3 heteroatoms. The quantitative estimate of drug-likeness (QED) is 0.746. The van der Waals surface area contributed by atoms with Gasteiger partial charge in [-0.25, -0.2) is 0 Å². The van der Waals surface area contributed by atoms with Crippen molar-refractivity contribution in [3.8, 4) is 11.3 Å². The molecular weight excluding hydrogens is 234 g/mol. The molecule has 1 N–H and O–H groups in total. The highest BCUT2D eigenvalue weighted by molar-refractivity contribution is 5.85. The number of rotatable bonds is 2. The molecular formula is C16H17N3. The zero-order valence-corrected chi connectivity index (χ0v) is 11.4. The maximum absolute atomic E-state index is 4.51. The van der Waals surface area contributed by atoms with Crippen molar-refractivity contribution >= 4 is 10.9 Å². The van der Waals surface area contributed by atoms with Crippen LogP contribution >= 0.6 is 0 Å². The van der Waals surface area contributed by atoms with Gasteiger partial charge >= 0.3 is 0 Å². The molecule has 0 aliphatic carbocycles. The standard InChI is InChI=1S/C16H17N3/c1-10(2)12-4-5-17-16(8-12)14-7-13-9-18-19-15(13)6-11(14)3/h4-10H,1-3H3,(H,18,19). The number of benzene rings is 1. The molecule has 1 aromatic carbocycles. The Labute approximate surface area is 112 Å². The van der Waals surface area contributed by atoms with E-state index in [9.17, 15) is 0 Å². The third-order valence-electron chi connectivity index (χ3n) is 3.51. The summed E-state index contributed by atoms with van der Waals surface area (Å²) in [4.78, 5) is 4.51. The summed E-state index contributed by atoms with van der Waals surface area (Å²) < 4.78 is 0. The summed E-state index contributed by atoms with van der Waals surface area (Å²) in [5, 5.41) is 8.20. The van der Waals surface area contributed by atoms with Crippen LogP contribution in [0.4, 0.5) is 0 Å². The lowest BCUT2D eigenvalue weighted by molar-refractivity contribution is 0.863. The molecule has 3 aromatic rings. The van der Waals surface area contributed by atoms with E-state index in [4.69, 9.17) is 0 Å². The number of H-pyrrole nitrogens is 1. The summed E-state index contributed by atoms with van der Waals surface area (Å²) >= 11 is 0. The third-order valence-corrected chi connectivity index (χ3v) is 3.51. The van der Waals surface area contributed by atoms with Gasteiger partial charge in [-0.2, -0.15) is 5.10 Å². The van der Waals surface area contributed by atoms with E-state index in [-0.39, 0.29) is 0 Å². The average molecular weight is 251 g/mol. The van der Waals surface area contributed by atoms with Crippen LogP contribution in [0.25, 0.3) is 22.2 Å². The minimum absolute atomic E-state index is 0.514. The number of nitrogens with one attached hydrogen (secondary N) is 1. The number of aryl methyl sites for hydroxylation is 1. The lowest BCUT2D eigenvalue weighted by Crippen LogP contribution is -1.92. The highest BCUT2D eigenvalue weighted by atomic mass is 15.1. The molecule has 3 nitrogen and oxygen atoms in total. The van der Waals surface area contributed by atoms with E-state index in [0.717, 1.165) is 16.6 Å². The van der Waals surface area contributed by atoms with Crippen LogP contribution in [-0.2, 0) is 0 Å². The second-order valence-electron chi connectivity index (χ2n) is 5.25. The smallest absolute Gasteiger partial charge is 0.0707 e. The van der Waals surface area contributed by atoms with E-state index in [1.807, 2.05) is 12.4 Å². The molecule has 0 saturated carbocycles. The summed E-state index contributed by atoms with van der Waals surface area (Å²) in [5.74, 6) is 0.514. The van der Waals surface area contributed by atoms with Gasteiger partial charge in [0.15, 0.2) is 0 Å². The van der Waals surface area contributed by atoms with E-state index in [0.29, 0.717) is 5.92 Å². The number of nitrogens with zero attached hydrogens (tertiary/aromatic N) is 2. The van der Waals surface area contributed by atoms with E-state index in [1.54, 1.807) is 0 Å². The van der Waals surface area contributed by atoms with Crippen molar-refractivity contribution in [1.29, 1.82) is 0 Å². The Morgan fingerprint density at radius 3 is 2.79 bits per heavy atom. The predicted octanol–water partition coefficient (Wildman–Crippen LogP) is 4.06. The summed E-state index contributed by atoms with van der Waals surface area (Å²) in [6.45, 7) is 6.51. The zero-order chi connectivity index (χ0) is 13.4. The van der Waals surface area contributed by atoms with Crippen molar-refractivity contribution in [2.24, 2.45) is 0 Å². The van der Waals surface area contributed by atoms with Crippen LogP contribution < -0.4 is 0 Å². The van der Waals surface area contributed by atoms with E-state index >= 15 is 0 Å². The Morgan fingerprint density at radius 2 is 2.00 bits per heavy atom. The van der Waals surface area contributed by atoms with E-state index in [2.05, 4.69) is 60.2 Å². The van der Waals surface area contributed by atoms with Crippen molar-refractivity contribution in [2.45, 2.75) is 26.7 Å². The van der Waals surface area contributed by atoms with Crippen molar-refractivity contribution in [2.75, 3.05) is 0 Å². The number of aromatic nitrogens is 3. The highest BCUT2D eigenvalue weighted by Gasteiger charge is 2.08. The summed E-state index contributed by atoms with van der Waals surface area (Å²) in [6, 6.07) is 8.54. The fourth-order valence-corrected chi connectivity index (χ4v) is 2.33. The number of aromatic amines is 1. The lowest BCUT2D eigenvalue weighted by Gasteiger charge is -2.09. The Bertz CT molecular complexity index is 726. The predicted molar refractivity (Wildman–Crippen MR) is 78.2 cm³/mol. The first kappa shape index (κ1) is 11.9. The maximum Gasteiger partial charge on any atom is 0.0707 e. The zero-order valence-electron chi connectivity index (χ0n) is 11.4. The van der Waals surface area contributed by atoms with Gasteiger partial charge < -0.3 is 0 Å². The van der Waals surface area contributed by atoms with Gasteiger partial charge in [0, 0.05) is 17.1 Å². The fraction of sp³-hybridized carbons (Fsp3) is 0.250. The number of hydrogen-bond donors (Lipinski definition) is 1. The van der Waals surface area contributed by atoms with Crippen molar-refractivity contribution in [1.82, 2.24) is 15.2 Å². The molecule has 0 radical (unpaired) electrons. The maximum atomic E-state index is 4.51. The van der Waals surface area contributed by atoms with Crippen LogP contribution in [0, 0.1) is 6.92 Å². The van der Waals surface area contributed by atoms with Gasteiger partial charge in [0.2, 0.25) is 0 Å². The molecule has 19 heavy (non-hydrogen) atoms. The van der Waals surface area contributed by atoms with Gasteiger partial charge in [0.1, 0.15) is 0 Å². The summed E-state index contributed by atoms with van der Waals surface area (Å²) in [5.41, 5.74) is 5.81. The van der Waals surface area contributed by atoms with Crippen LogP contribution in [0.1, 0.15) is 30.9 Å².